The van der Waals surface area contributed by atoms with Crippen molar-refractivity contribution in [3.05, 3.63) is 70.5 Å². The highest BCUT2D eigenvalue weighted by atomic mass is 35.5. The van der Waals surface area contributed by atoms with Gasteiger partial charge < -0.3 is 4.90 Å². The third-order valence-corrected chi connectivity index (χ3v) is 7.20. The lowest BCUT2D eigenvalue weighted by Crippen LogP contribution is -2.50. The highest BCUT2D eigenvalue weighted by molar-refractivity contribution is 6.30. The number of piperidine rings is 1. The minimum absolute atomic E-state index is 0.0112. The van der Waals surface area contributed by atoms with Crippen LogP contribution in [0.15, 0.2) is 48.5 Å². The molecule has 2 atom stereocenters. The van der Waals surface area contributed by atoms with Gasteiger partial charge in [-0.2, -0.15) is 10.2 Å². The molecule has 0 saturated carbocycles. The van der Waals surface area contributed by atoms with E-state index in [2.05, 4.69) is 16.1 Å². The first kappa shape index (κ1) is 19.6. The molecule has 0 unspecified atom stereocenters. The van der Waals surface area contributed by atoms with Crippen LogP contribution in [0.3, 0.4) is 0 Å². The number of benzene rings is 2. The Labute approximate surface area is 191 Å². The number of hydrogen-bond donors (Lipinski definition) is 0. The van der Waals surface area contributed by atoms with Gasteiger partial charge in [-0.25, -0.2) is 0 Å². The van der Waals surface area contributed by atoms with Crippen LogP contribution in [-0.2, 0) is 20.5 Å². The zero-order chi connectivity index (χ0) is 22.0. The lowest BCUT2D eigenvalue weighted by molar-refractivity contribution is 0.0387. The summed E-state index contributed by atoms with van der Waals surface area (Å²) >= 11 is 6.28. The Kier molecular flexibility index (Phi) is 4.40. The average Bonchev–Trinajstić information content (AvgIpc) is 3.30. The van der Waals surface area contributed by atoms with Gasteiger partial charge in [0.05, 0.1) is 22.9 Å². The number of hydrogen-bond acceptors (Lipinski definition) is 3. The van der Waals surface area contributed by atoms with Gasteiger partial charge in [-0.05, 0) is 43.9 Å². The van der Waals surface area contributed by atoms with Crippen molar-refractivity contribution in [3.63, 3.8) is 0 Å². The van der Waals surface area contributed by atoms with Gasteiger partial charge in [0.1, 0.15) is 0 Å². The van der Waals surface area contributed by atoms with Crippen LogP contribution in [0.1, 0.15) is 47.1 Å². The molecule has 2 aliphatic heterocycles. The Bertz CT molecular complexity index is 1370. The number of aryl methyl sites for hydroxylation is 2. The van der Waals surface area contributed by atoms with Crippen molar-refractivity contribution in [2.45, 2.75) is 37.8 Å². The van der Waals surface area contributed by atoms with Gasteiger partial charge >= 0.3 is 0 Å². The summed E-state index contributed by atoms with van der Waals surface area (Å²) in [6.45, 7) is 0. The maximum atomic E-state index is 13.9. The molecule has 162 valence electrons. The van der Waals surface area contributed by atoms with E-state index in [1.165, 1.54) is 5.56 Å². The number of halogens is 1. The fourth-order valence-corrected chi connectivity index (χ4v) is 5.83. The van der Waals surface area contributed by atoms with E-state index in [0.29, 0.717) is 10.7 Å². The molecule has 2 bridgehead atoms. The molecule has 6 rings (SSSR count). The number of amides is 1. The van der Waals surface area contributed by atoms with Crippen LogP contribution in [0.5, 0.6) is 0 Å². The van der Waals surface area contributed by atoms with Gasteiger partial charge in [-0.1, -0.05) is 41.9 Å². The van der Waals surface area contributed by atoms with Gasteiger partial charge in [-0.15, -0.1) is 0 Å². The van der Waals surface area contributed by atoms with E-state index in [0.717, 1.165) is 53.5 Å². The van der Waals surface area contributed by atoms with Crippen LogP contribution in [0.25, 0.3) is 22.2 Å². The normalized spacial score (nSPS) is 19.9. The van der Waals surface area contributed by atoms with E-state index in [4.69, 9.17) is 16.7 Å². The highest BCUT2D eigenvalue weighted by Crippen LogP contribution is 2.45. The number of rotatable bonds is 2. The van der Waals surface area contributed by atoms with Crippen molar-refractivity contribution >= 4 is 28.4 Å². The number of fused-ring (bicyclic) bond motifs is 5. The Morgan fingerprint density at radius 1 is 1.03 bits per heavy atom. The summed E-state index contributed by atoms with van der Waals surface area (Å²) < 4.78 is 3.75. The van der Waals surface area contributed by atoms with Crippen LogP contribution in [-0.4, -0.2) is 36.4 Å². The molecule has 7 heteroatoms. The first-order valence-corrected chi connectivity index (χ1v) is 11.5. The SMILES string of the molecule is Cn1nc2c(c1-c1cccc(Cl)c1)C[C@@H]1CCC[C@H]2N1C(=O)c1nn(C)c2ccccc12. The minimum Gasteiger partial charge on any atom is -0.325 e. The van der Waals surface area contributed by atoms with Crippen molar-refractivity contribution in [2.24, 2.45) is 14.1 Å². The fraction of sp³-hybridized carbons (Fsp3) is 0.320. The Balaban J connectivity index is 1.46. The van der Waals surface area contributed by atoms with Crippen molar-refractivity contribution in [3.8, 4) is 11.3 Å². The number of carbonyl (C=O) groups is 1. The van der Waals surface area contributed by atoms with Gasteiger partial charge in [-0.3, -0.25) is 14.2 Å². The summed E-state index contributed by atoms with van der Waals surface area (Å²) in [7, 11) is 3.88. The molecule has 1 amide bonds. The first-order valence-electron chi connectivity index (χ1n) is 11.1. The molecule has 4 heterocycles. The van der Waals surface area contributed by atoms with Crippen molar-refractivity contribution < 1.29 is 4.79 Å². The molecular weight excluding hydrogens is 422 g/mol. The zero-order valence-electron chi connectivity index (χ0n) is 18.1. The zero-order valence-corrected chi connectivity index (χ0v) is 18.9. The van der Waals surface area contributed by atoms with Crippen LogP contribution in [0.4, 0.5) is 0 Å². The number of nitrogens with zero attached hydrogens (tertiary/aromatic N) is 5. The smallest absolute Gasteiger partial charge is 0.275 e. The van der Waals surface area contributed by atoms with Gasteiger partial charge in [0.25, 0.3) is 5.91 Å². The van der Waals surface area contributed by atoms with Crippen LogP contribution in [0.2, 0.25) is 5.02 Å². The largest absolute Gasteiger partial charge is 0.325 e. The van der Waals surface area contributed by atoms with Gasteiger partial charge in [0, 0.05) is 41.7 Å². The van der Waals surface area contributed by atoms with Crippen molar-refractivity contribution in [1.82, 2.24) is 24.5 Å². The monoisotopic (exact) mass is 445 g/mol. The molecule has 0 spiro atoms. The Hall–Kier alpha value is -3.12. The molecule has 2 aromatic heterocycles. The lowest BCUT2D eigenvalue weighted by atomic mass is 9.81. The van der Waals surface area contributed by atoms with Gasteiger partial charge in [0.2, 0.25) is 0 Å². The summed E-state index contributed by atoms with van der Waals surface area (Å²) in [6.07, 6.45) is 3.82. The van der Waals surface area contributed by atoms with E-state index >= 15 is 0 Å². The predicted molar refractivity (Wildman–Crippen MR) is 125 cm³/mol. The Morgan fingerprint density at radius 2 is 1.88 bits per heavy atom. The van der Waals surface area contributed by atoms with E-state index in [-0.39, 0.29) is 18.0 Å². The molecule has 32 heavy (non-hydrogen) atoms. The maximum Gasteiger partial charge on any atom is 0.275 e. The van der Waals surface area contributed by atoms with Crippen molar-refractivity contribution in [2.75, 3.05) is 0 Å². The van der Waals surface area contributed by atoms with Crippen molar-refractivity contribution in [1.29, 1.82) is 0 Å². The summed E-state index contributed by atoms with van der Waals surface area (Å²) in [5.74, 6) is 0.0112. The number of carbonyl (C=O) groups excluding carboxylic acids is 1. The van der Waals surface area contributed by atoms with E-state index in [1.807, 2.05) is 61.2 Å². The highest BCUT2D eigenvalue weighted by Gasteiger charge is 2.44. The second kappa shape index (κ2) is 7.20. The quantitative estimate of drug-likeness (QED) is 0.440. The number of aromatic nitrogens is 4. The van der Waals surface area contributed by atoms with Crippen LogP contribution < -0.4 is 0 Å². The first-order chi connectivity index (χ1) is 15.5. The average molecular weight is 446 g/mol. The molecule has 2 aromatic carbocycles. The molecule has 6 nitrogen and oxygen atoms in total. The fourth-order valence-electron chi connectivity index (χ4n) is 5.64. The topological polar surface area (TPSA) is 56.0 Å². The lowest BCUT2D eigenvalue weighted by Gasteiger charge is -2.45. The standard InChI is InChI=1S/C25H24ClN5O/c1-29-20-11-4-3-10-18(20)23(28-29)25(32)31-17-9-6-12-21(31)22-19(14-17)24(30(2)27-22)15-7-5-8-16(26)13-15/h3-5,7-8,10-11,13,17,21H,6,9,12,14H2,1-2H3/t17-,21+/m0/s1. The summed E-state index contributed by atoms with van der Waals surface area (Å²) in [5, 5.41) is 11.2. The Morgan fingerprint density at radius 3 is 2.72 bits per heavy atom. The molecule has 0 N–H and O–H groups in total. The maximum absolute atomic E-state index is 13.9. The molecule has 0 aliphatic carbocycles. The summed E-state index contributed by atoms with van der Waals surface area (Å²) in [4.78, 5) is 15.9. The van der Waals surface area contributed by atoms with Crippen LogP contribution in [0, 0.1) is 0 Å². The molecule has 1 fully saturated rings. The second-order valence-corrected chi connectivity index (χ2v) is 9.29. The molecule has 2 aliphatic rings. The third-order valence-electron chi connectivity index (χ3n) is 6.97. The summed E-state index contributed by atoms with van der Waals surface area (Å²) in [6, 6.07) is 16.0. The van der Waals surface area contributed by atoms with Gasteiger partial charge in [0.15, 0.2) is 5.69 Å². The molecule has 0 radical (unpaired) electrons. The minimum atomic E-state index is -0.0232. The summed E-state index contributed by atoms with van der Waals surface area (Å²) in [5.41, 5.74) is 5.96. The van der Waals surface area contributed by atoms with E-state index in [1.54, 1.807) is 4.68 Å². The van der Waals surface area contributed by atoms with E-state index in [9.17, 15) is 4.79 Å². The molecule has 4 aromatic rings. The van der Waals surface area contributed by atoms with Crippen LogP contribution >= 0.6 is 11.6 Å². The third kappa shape index (κ3) is 2.82. The second-order valence-electron chi connectivity index (χ2n) is 8.85. The number of para-hydroxylation sites is 1. The molecular formula is C25H24ClN5O. The molecule has 1 saturated heterocycles. The van der Waals surface area contributed by atoms with E-state index < -0.39 is 0 Å². The predicted octanol–water partition coefficient (Wildman–Crippen LogP) is 4.92.